The fraction of sp³-hybridized carbons (Fsp3) is 0.421. The maximum absolute atomic E-state index is 12.5. The number of carbonyl (C=O) groups is 2. The molecule has 0 bridgehead atoms. The van der Waals surface area contributed by atoms with Crippen LogP contribution in [0, 0.1) is 33.3 Å². The molecule has 0 saturated carbocycles. The number of esters is 2. The lowest BCUT2D eigenvalue weighted by Crippen LogP contribution is -2.34. The van der Waals surface area contributed by atoms with Crippen LogP contribution in [-0.2, 0) is 19.1 Å². The summed E-state index contributed by atoms with van der Waals surface area (Å²) in [4.78, 5) is 37.0. The summed E-state index contributed by atoms with van der Waals surface area (Å²) in [5.41, 5.74) is 0.356. The van der Waals surface area contributed by atoms with Gasteiger partial charge < -0.3 is 14.4 Å². The molecule has 3 rings (SSSR count). The number of methoxy groups -OCH3 is 2. The summed E-state index contributed by atoms with van der Waals surface area (Å²) in [5, 5.41) is 28.4. The smallest absolute Gasteiger partial charge is 0.315 e. The van der Waals surface area contributed by atoms with Crippen LogP contribution >= 0.6 is 0 Å². The van der Waals surface area contributed by atoms with Crippen LogP contribution < -0.4 is 0 Å². The van der Waals surface area contributed by atoms with Crippen molar-refractivity contribution in [3.8, 4) is 6.07 Å². The number of nitrogens with zero attached hydrogens (tertiary/aromatic N) is 5. The number of non-ortho nitro benzene ring substituents is 1. The lowest BCUT2D eigenvalue weighted by Gasteiger charge is -2.20. The van der Waals surface area contributed by atoms with Gasteiger partial charge in [-0.15, -0.1) is 10.2 Å². The summed E-state index contributed by atoms with van der Waals surface area (Å²) < 4.78 is 9.80. The number of hydrogen-bond donors (Lipinski definition) is 0. The number of carbonyl (C=O) groups excluding carboxylic acids is 2. The van der Waals surface area contributed by atoms with Gasteiger partial charge in [-0.25, -0.2) is 0 Å². The van der Waals surface area contributed by atoms with E-state index in [0.717, 1.165) is 6.42 Å². The van der Waals surface area contributed by atoms with Crippen molar-refractivity contribution in [2.24, 2.45) is 22.1 Å². The van der Waals surface area contributed by atoms with Crippen molar-refractivity contribution in [2.45, 2.75) is 18.9 Å². The molecule has 0 spiro atoms. The second kappa shape index (κ2) is 8.69. The Labute approximate surface area is 171 Å². The average molecular weight is 413 g/mol. The van der Waals surface area contributed by atoms with Crippen molar-refractivity contribution in [1.82, 2.24) is 4.90 Å². The van der Waals surface area contributed by atoms with Gasteiger partial charge in [0.05, 0.1) is 36.4 Å². The Morgan fingerprint density at radius 2 is 1.90 bits per heavy atom. The van der Waals surface area contributed by atoms with Crippen LogP contribution in [0.3, 0.4) is 0 Å². The summed E-state index contributed by atoms with van der Waals surface area (Å²) in [6.07, 6.45) is 1.45. The SMILES string of the molecule is COC(=O)C1/C(=C(/C#N)N=Nc2ccc([N+](=O)[O-])cc2)N2CCCC2C1C(=O)OC. The third-order valence-corrected chi connectivity index (χ3v) is 5.28. The highest BCUT2D eigenvalue weighted by atomic mass is 16.6. The van der Waals surface area contributed by atoms with Gasteiger partial charge in [0.25, 0.3) is 5.69 Å². The fourth-order valence-electron chi connectivity index (χ4n) is 4.01. The molecule has 30 heavy (non-hydrogen) atoms. The zero-order chi connectivity index (χ0) is 21.8. The predicted molar refractivity (Wildman–Crippen MR) is 101 cm³/mol. The highest BCUT2D eigenvalue weighted by Gasteiger charge is 2.56. The van der Waals surface area contributed by atoms with Crippen LogP contribution in [0.1, 0.15) is 12.8 Å². The molecule has 11 nitrogen and oxygen atoms in total. The van der Waals surface area contributed by atoms with Gasteiger partial charge in [-0.3, -0.25) is 19.7 Å². The van der Waals surface area contributed by atoms with Crippen molar-refractivity contribution in [2.75, 3.05) is 20.8 Å². The molecule has 1 aromatic rings. The molecule has 3 unspecified atom stereocenters. The van der Waals surface area contributed by atoms with Crippen molar-refractivity contribution >= 4 is 23.3 Å². The van der Waals surface area contributed by atoms with E-state index in [9.17, 15) is 25.0 Å². The van der Waals surface area contributed by atoms with Crippen molar-refractivity contribution in [3.05, 3.63) is 45.8 Å². The maximum Gasteiger partial charge on any atom is 0.315 e. The van der Waals surface area contributed by atoms with Gasteiger partial charge in [0, 0.05) is 24.7 Å². The van der Waals surface area contributed by atoms with Crippen molar-refractivity contribution in [3.63, 3.8) is 0 Å². The minimum Gasteiger partial charge on any atom is -0.469 e. The normalized spacial score (nSPS) is 24.3. The molecule has 2 aliphatic heterocycles. The third kappa shape index (κ3) is 3.71. The molecule has 2 heterocycles. The van der Waals surface area contributed by atoms with E-state index < -0.39 is 28.7 Å². The van der Waals surface area contributed by atoms with Crippen LogP contribution in [0.5, 0.6) is 0 Å². The molecule has 2 saturated heterocycles. The number of nitro groups is 1. The van der Waals surface area contributed by atoms with Crippen molar-refractivity contribution in [1.29, 1.82) is 5.26 Å². The number of ether oxygens (including phenoxy) is 2. The molecule has 0 aromatic heterocycles. The van der Waals surface area contributed by atoms with Crippen LogP contribution in [-0.4, -0.2) is 48.6 Å². The highest BCUT2D eigenvalue weighted by molar-refractivity contribution is 5.86. The lowest BCUT2D eigenvalue weighted by molar-refractivity contribution is -0.384. The molecule has 1 aromatic carbocycles. The van der Waals surface area contributed by atoms with Gasteiger partial charge in [0.15, 0.2) is 5.70 Å². The Hall–Kier alpha value is -3.81. The van der Waals surface area contributed by atoms with Crippen molar-refractivity contribution < 1.29 is 24.0 Å². The molecule has 2 fully saturated rings. The largest absolute Gasteiger partial charge is 0.469 e. The Balaban J connectivity index is 2.04. The first-order valence-corrected chi connectivity index (χ1v) is 9.15. The summed E-state index contributed by atoms with van der Waals surface area (Å²) in [7, 11) is 2.46. The number of nitriles is 1. The number of allylic oxidation sites excluding steroid dienone is 1. The molecule has 11 heteroatoms. The molecule has 2 aliphatic rings. The van der Waals surface area contributed by atoms with Gasteiger partial charge in [-0.2, -0.15) is 5.26 Å². The number of benzene rings is 1. The molecular formula is C19H19N5O6. The van der Waals surface area contributed by atoms with Gasteiger partial charge >= 0.3 is 11.9 Å². The van der Waals surface area contributed by atoms with Crippen LogP contribution in [0.2, 0.25) is 0 Å². The zero-order valence-corrected chi connectivity index (χ0v) is 16.3. The van der Waals surface area contributed by atoms with E-state index >= 15 is 0 Å². The minimum atomic E-state index is -1.03. The number of fused-ring (bicyclic) bond motifs is 1. The quantitative estimate of drug-likeness (QED) is 0.235. The van der Waals surface area contributed by atoms with Crippen LogP contribution in [0.4, 0.5) is 11.4 Å². The number of hydrogen-bond acceptors (Lipinski definition) is 10. The highest BCUT2D eigenvalue weighted by Crippen LogP contribution is 2.46. The standard InChI is InChI=1S/C19H19N5O6/c1-29-18(25)15-14-4-3-9-23(14)17(16(15)19(26)30-2)13(10-20)22-21-11-5-7-12(8-6-11)24(27)28/h5-8,14-16H,3-4,9H2,1-2H3/b17-13+,22-21?. The fourth-order valence-corrected chi connectivity index (χ4v) is 4.01. The third-order valence-electron chi connectivity index (χ3n) is 5.28. The van der Waals surface area contributed by atoms with Gasteiger partial charge in [-0.05, 0) is 25.0 Å². The first-order chi connectivity index (χ1) is 14.4. The number of nitro benzene ring substituents is 1. The zero-order valence-electron chi connectivity index (χ0n) is 16.3. The van der Waals surface area contributed by atoms with E-state index in [-0.39, 0.29) is 23.1 Å². The molecule has 0 aliphatic carbocycles. The summed E-state index contributed by atoms with van der Waals surface area (Å²) in [5.74, 6) is -3.05. The van der Waals surface area contributed by atoms with Crippen LogP contribution in [0.25, 0.3) is 0 Å². The predicted octanol–water partition coefficient (Wildman–Crippen LogP) is 2.47. The minimum absolute atomic E-state index is 0.102. The number of azo groups is 1. The second-order valence-corrected chi connectivity index (χ2v) is 6.77. The molecule has 3 atom stereocenters. The lowest BCUT2D eigenvalue weighted by atomic mass is 9.87. The second-order valence-electron chi connectivity index (χ2n) is 6.77. The Bertz CT molecular complexity index is 965. The van der Waals surface area contributed by atoms with E-state index in [1.54, 1.807) is 0 Å². The van der Waals surface area contributed by atoms with E-state index in [0.29, 0.717) is 18.7 Å². The first kappa shape index (κ1) is 20.9. The molecule has 0 amide bonds. The Morgan fingerprint density at radius 3 is 2.47 bits per heavy atom. The molecule has 156 valence electrons. The van der Waals surface area contributed by atoms with E-state index in [4.69, 9.17) is 9.47 Å². The van der Waals surface area contributed by atoms with Gasteiger partial charge in [-0.1, -0.05) is 0 Å². The van der Waals surface area contributed by atoms with E-state index in [2.05, 4.69) is 10.2 Å². The summed E-state index contributed by atoms with van der Waals surface area (Å²) in [6.45, 7) is 0.555. The number of rotatable bonds is 5. The molecule has 0 radical (unpaired) electrons. The maximum atomic E-state index is 12.5. The van der Waals surface area contributed by atoms with Crippen LogP contribution in [0.15, 0.2) is 45.9 Å². The summed E-state index contributed by atoms with van der Waals surface area (Å²) in [6, 6.07) is 6.98. The topological polar surface area (TPSA) is 147 Å². The first-order valence-electron chi connectivity index (χ1n) is 9.15. The van der Waals surface area contributed by atoms with E-state index in [1.165, 1.54) is 38.5 Å². The molecule has 0 N–H and O–H groups in total. The van der Waals surface area contributed by atoms with E-state index in [1.807, 2.05) is 11.0 Å². The van der Waals surface area contributed by atoms with Gasteiger partial charge in [0.2, 0.25) is 0 Å². The van der Waals surface area contributed by atoms with Gasteiger partial charge in [0.1, 0.15) is 12.0 Å². The molecular weight excluding hydrogens is 394 g/mol. The monoisotopic (exact) mass is 413 g/mol. The Morgan fingerprint density at radius 1 is 1.23 bits per heavy atom. The Kier molecular flexibility index (Phi) is 6.06. The average Bonchev–Trinajstić information content (AvgIpc) is 3.34. The summed E-state index contributed by atoms with van der Waals surface area (Å²) >= 11 is 0.